The minimum Gasteiger partial charge on any atom is -0.454 e. The number of rotatable bonds is 5. The second-order valence-electron chi connectivity index (χ2n) is 5.46. The molecule has 6 nitrogen and oxygen atoms in total. The number of furan rings is 1. The number of hydrogen-bond acceptors (Lipinski definition) is 4. The van der Waals surface area contributed by atoms with Gasteiger partial charge in [0, 0.05) is 6.61 Å². The van der Waals surface area contributed by atoms with Crippen molar-refractivity contribution in [3.63, 3.8) is 0 Å². The smallest absolute Gasteiger partial charge is 0.284 e. The maximum Gasteiger partial charge on any atom is 0.284 e. The molecule has 1 fully saturated rings. The summed E-state index contributed by atoms with van der Waals surface area (Å²) >= 11 is 0. The van der Waals surface area contributed by atoms with E-state index >= 15 is 0 Å². The lowest BCUT2D eigenvalue weighted by molar-refractivity contribution is -0.142. The van der Waals surface area contributed by atoms with Crippen LogP contribution in [0.3, 0.4) is 0 Å². The molecule has 0 saturated carbocycles. The highest BCUT2D eigenvalue weighted by Crippen LogP contribution is 2.36. The van der Waals surface area contributed by atoms with Gasteiger partial charge in [-0.3, -0.25) is 9.59 Å². The molecule has 2 amide bonds. The molecule has 0 spiro atoms. The SMILES string of the molecule is NC(=O)c1ccc(CNC(=O)C2(c3ccccc3)CCCO2)o1. The van der Waals surface area contributed by atoms with Gasteiger partial charge in [0.2, 0.25) is 0 Å². The van der Waals surface area contributed by atoms with E-state index in [1.807, 2.05) is 30.3 Å². The quantitative estimate of drug-likeness (QED) is 0.878. The fourth-order valence-electron chi connectivity index (χ4n) is 2.80. The monoisotopic (exact) mass is 314 g/mol. The molecule has 0 aliphatic carbocycles. The fourth-order valence-corrected chi connectivity index (χ4v) is 2.80. The van der Waals surface area contributed by atoms with E-state index in [1.54, 1.807) is 6.07 Å². The molecule has 1 aromatic heterocycles. The first-order valence-corrected chi connectivity index (χ1v) is 7.48. The summed E-state index contributed by atoms with van der Waals surface area (Å²) in [6.07, 6.45) is 1.46. The van der Waals surface area contributed by atoms with E-state index in [0.717, 1.165) is 12.0 Å². The van der Waals surface area contributed by atoms with Gasteiger partial charge in [-0.1, -0.05) is 30.3 Å². The van der Waals surface area contributed by atoms with Gasteiger partial charge in [-0.25, -0.2) is 0 Å². The lowest BCUT2D eigenvalue weighted by Crippen LogP contribution is -2.43. The van der Waals surface area contributed by atoms with E-state index in [4.69, 9.17) is 14.9 Å². The Morgan fingerprint density at radius 1 is 1.17 bits per heavy atom. The molecule has 3 N–H and O–H groups in total. The second-order valence-corrected chi connectivity index (χ2v) is 5.46. The van der Waals surface area contributed by atoms with Crippen molar-refractivity contribution in [3.05, 3.63) is 59.5 Å². The Hall–Kier alpha value is -2.60. The maximum absolute atomic E-state index is 12.7. The molecule has 1 atom stereocenters. The summed E-state index contributed by atoms with van der Waals surface area (Å²) in [5.41, 5.74) is 5.02. The van der Waals surface area contributed by atoms with Crippen molar-refractivity contribution in [3.8, 4) is 0 Å². The lowest BCUT2D eigenvalue weighted by Gasteiger charge is -2.27. The van der Waals surface area contributed by atoms with Gasteiger partial charge >= 0.3 is 0 Å². The molecule has 1 aliphatic rings. The highest BCUT2D eigenvalue weighted by atomic mass is 16.5. The average molecular weight is 314 g/mol. The summed E-state index contributed by atoms with van der Waals surface area (Å²) in [6.45, 7) is 0.721. The molecular weight excluding hydrogens is 296 g/mol. The third-order valence-corrected chi connectivity index (χ3v) is 3.96. The summed E-state index contributed by atoms with van der Waals surface area (Å²) in [5, 5.41) is 2.82. The Kier molecular flexibility index (Phi) is 4.16. The third-order valence-electron chi connectivity index (χ3n) is 3.96. The van der Waals surface area contributed by atoms with Crippen molar-refractivity contribution in [2.45, 2.75) is 25.0 Å². The topological polar surface area (TPSA) is 94.6 Å². The molecule has 0 radical (unpaired) electrons. The lowest BCUT2D eigenvalue weighted by atomic mass is 9.90. The average Bonchev–Trinajstić information content (AvgIpc) is 3.23. The van der Waals surface area contributed by atoms with Crippen LogP contribution in [0.5, 0.6) is 0 Å². The predicted molar refractivity (Wildman–Crippen MR) is 82.4 cm³/mol. The summed E-state index contributed by atoms with van der Waals surface area (Å²) < 4.78 is 11.1. The largest absolute Gasteiger partial charge is 0.454 e. The summed E-state index contributed by atoms with van der Waals surface area (Å²) in [7, 11) is 0. The molecule has 1 aromatic carbocycles. The van der Waals surface area contributed by atoms with E-state index in [-0.39, 0.29) is 18.2 Å². The number of benzene rings is 1. The number of primary amides is 1. The van der Waals surface area contributed by atoms with Crippen LogP contribution in [-0.2, 0) is 21.7 Å². The summed E-state index contributed by atoms with van der Waals surface area (Å²) in [6, 6.07) is 12.6. The van der Waals surface area contributed by atoms with E-state index in [1.165, 1.54) is 6.07 Å². The first kappa shape index (κ1) is 15.3. The third kappa shape index (κ3) is 2.98. The minimum absolute atomic E-state index is 0.0733. The molecule has 1 unspecified atom stereocenters. The van der Waals surface area contributed by atoms with Crippen LogP contribution in [0.1, 0.15) is 34.7 Å². The molecule has 3 rings (SSSR count). The summed E-state index contributed by atoms with van der Waals surface area (Å²) in [5.74, 6) is -0.307. The number of carbonyl (C=O) groups excluding carboxylic acids is 2. The molecule has 1 saturated heterocycles. The van der Waals surface area contributed by atoms with Crippen LogP contribution in [0, 0.1) is 0 Å². The van der Waals surface area contributed by atoms with E-state index in [2.05, 4.69) is 5.32 Å². The van der Waals surface area contributed by atoms with Gasteiger partial charge in [-0.2, -0.15) is 0 Å². The van der Waals surface area contributed by atoms with Crippen LogP contribution in [0.2, 0.25) is 0 Å². The summed E-state index contributed by atoms with van der Waals surface area (Å²) in [4.78, 5) is 23.7. The Bertz CT molecular complexity index is 702. The maximum atomic E-state index is 12.7. The normalized spacial score (nSPS) is 20.3. The predicted octanol–water partition coefficient (Wildman–Crippen LogP) is 1.70. The van der Waals surface area contributed by atoms with Gasteiger partial charge in [0.1, 0.15) is 5.76 Å². The molecular formula is C17H18N2O4. The second kappa shape index (κ2) is 6.26. The van der Waals surface area contributed by atoms with Gasteiger partial charge in [0.05, 0.1) is 6.54 Å². The molecule has 6 heteroatoms. The fraction of sp³-hybridized carbons (Fsp3) is 0.294. The first-order chi connectivity index (χ1) is 11.1. The molecule has 2 heterocycles. The minimum atomic E-state index is -0.958. The standard InChI is InChI=1S/C17H18N2O4/c18-15(20)14-8-7-13(23-14)11-19-16(21)17(9-4-10-22-17)12-5-2-1-3-6-12/h1-3,5-8H,4,9-11H2,(H2,18,20)(H,19,21). The number of nitrogens with one attached hydrogen (secondary N) is 1. The van der Waals surface area contributed by atoms with E-state index < -0.39 is 11.5 Å². The number of carbonyl (C=O) groups is 2. The number of nitrogens with two attached hydrogens (primary N) is 1. The van der Waals surface area contributed by atoms with Crippen LogP contribution in [0.4, 0.5) is 0 Å². The van der Waals surface area contributed by atoms with Crippen LogP contribution in [-0.4, -0.2) is 18.4 Å². The van der Waals surface area contributed by atoms with Crippen molar-refractivity contribution in [2.24, 2.45) is 5.73 Å². The van der Waals surface area contributed by atoms with Crippen molar-refractivity contribution in [2.75, 3.05) is 6.61 Å². The number of amides is 2. The highest BCUT2D eigenvalue weighted by molar-refractivity contribution is 5.90. The van der Waals surface area contributed by atoms with Crippen molar-refractivity contribution in [1.29, 1.82) is 0 Å². The van der Waals surface area contributed by atoms with Crippen LogP contribution < -0.4 is 11.1 Å². The van der Waals surface area contributed by atoms with Gasteiger partial charge in [-0.05, 0) is 30.5 Å². The Morgan fingerprint density at radius 2 is 1.96 bits per heavy atom. The van der Waals surface area contributed by atoms with Gasteiger partial charge < -0.3 is 20.2 Å². The van der Waals surface area contributed by atoms with E-state index in [0.29, 0.717) is 18.8 Å². The highest BCUT2D eigenvalue weighted by Gasteiger charge is 2.44. The van der Waals surface area contributed by atoms with Crippen molar-refractivity contribution in [1.82, 2.24) is 5.32 Å². The molecule has 0 bridgehead atoms. The van der Waals surface area contributed by atoms with Crippen LogP contribution in [0.15, 0.2) is 46.9 Å². The van der Waals surface area contributed by atoms with Crippen molar-refractivity contribution < 1.29 is 18.7 Å². The van der Waals surface area contributed by atoms with Gasteiger partial charge in [0.15, 0.2) is 11.4 Å². The molecule has 1 aliphatic heterocycles. The molecule has 2 aromatic rings. The number of ether oxygens (including phenoxy) is 1. The van der Waals surface area contributed by atoms with Gasteiger partial charge in [-0.15, -0.1) is 0 Å². The zero-order chi connectivity index (χ0) is 16.3. The van der Waals surface area contributed by atoms with Crippen LogP contribution >= 0.6 is 0 Å². The Balaban J connectivity index is 1.73. The van der Waals surface area contributed by atoms with Crippen molar-refractivity contribution >= 4 is 11.8 Å². The zero-order valence-corrected chi connectivity index (χ0v) is 12.6. The van der Waals surface area contributed by atoms with E-state index in [9.17, 15) is 9.59 Å². The molecule has 120 valence electrons. The first-order valence-electron chi connectivity index (χ1n) is 7.48. The number of hydrogen-bond donors (Lipinski definition) is 2. The zero-order valence-electron chi connectivity index (χ0n) is 12.6. The molecule has 23 heavy (non-hydrogen) atoms. The Morgan fingerprint density at radius 3 is 2.57 bits per heavy atom. The van der Waals surface area contributed by atoms with Gasteiger partial charge in [0.25, 0.3) is 11.8 Å². The van der Waals surface area contributed by atoms with Crippen LogP contribution in [0.25, 0.3) is 0 Å². The Labute approximate surface area is 133 Å².